The van der Waals surface area contributed by atoms with Crippen LogP contribution in [0.5, 0.6) is 0 Å². The lowest BCUT2D eigenvalue weighted by molar-refractivity contribution is 0.618. The summed E-state index contributed by atoms with van der Waals surface area (Å²) in [5, 5.41) is 0.672. The van der Waals surface area contributed by atoms with Crippen LogP contribution >= 0.6 is 11.6 Å². The minimum absolute atomic E-state index is 0.672. The minimum atomic E-state index is 0.672. The van der Waals surface area contributed by atoms with Crippen molar-refractivity contribution in [3.8, 4) is 0 Å². The van der Waals surface area contributed by atoms with Crippen LogP contribution in [0.25, 0.3) is 0 Å². The Bertz CT molecular complexity index is 358. The number of aromatic nitrogens is 1. The van der Waals surface area contributed by atoms with Crippen LogP contribution in [0.3, 0.4) is 0 Å². The molecule has 1 aliphatic rings. The Morgan fingerprint density at radius 2 is 2.07 bits per heavy atom. The lowest BCUT2D eigenvalue weighted by atomic mass is 9.89. The average molecular weight is 224 g/mol. The predicted molar refractivity (Wildman–Crippen MR) is 64.4 cm³/mol. The molecule has 0 unspecified atom stereocenters. The van der Waals surface area contributed by atoms with E-state index in [1.165, 1.54) is 36.1 Å². The van der Waals surface area contributed by atoms with Crippen LogP contribution in [0.15, 0.2) is 6.07 Å². The van der Waals surface area contributed by atoms with E-state index in [0.717, 1.165) is 12.8 Å². The van der Waals surface area contributed by atoms with Gasteiger partial charge in [0.25, 0.3) is 0 Å². The summed E-state index contributed by atoms with van der Waals surface area (Å²) in [6, 6.07) is 2.06. The zero-order valence-electron chi connectivity index (χ0n) is 9.52. The second-order valence-electron chi connectivity index (χ2n) is 4.83. The van der Waals surface area contributed by atoms with E-state index in [1.807, 2.05) is 0 Å². The minimum Gasteiger partial charge on any atom is -0.241 e. The molecule has 1 aromatic rings. The van der Waals surface area contributed by atoms with Gasteiger partial charge in [-0.3, -0.25) is 0 Å². The average Bonchev–Trinajstić information content (AvgIpc) is 2.16. The predicted octanol–water partition coefficient (Wildman–Crippen LogP) is 3.81. The highest BCUT2D eigenvalue weighted by Gasteiger charge is 2.16. The molecule has 0 radical (unpaired) electrons. The van der Waals surface area contributed by atoms with Crippen LogP contribution in [0.1, 0.15) is 43.5 Å². The first-order valence-electron chi connectivity index (χ1n) is 5.84. The first-order chi connectivity index (χ1) is 7.16. The van der Waals surface area contributed by atoms with E-state index in [0.29, 0.717) is 11.1 Å². The number of hydrogen-bond donors (Lipinski definition) is 0. The van der Waals surface area contributed by atoms with Crippen molar-refractivity contribution in [3.05, 3.63) is 28.0 Å². The molecule has 1 aromatic heterocycles. The number of pyridine rings is 1. The van der Waals surface area contributed by atoms with Gasteiger partial charge in [0.15, 0.2) is 0 Å². The van der Waals surface area contributed by atoms with Crippen LogP contribution in [0, 0.1) is 5.92 Å². The molecule has 1 aliphatic carbocycles. The summed E-state index contributed by atoms with van der Waals surface area (Å²) in [4.78, 5) is 4.45. The third-order valence-electron chi connectivity index (χ3n) is 2.99. The van der Waals surface area contributed by atoms with Gasteiger partial charge in [0.2, 0.25) is 0 Å². The third kappa shape index (κ3) is 2.52. The van der Waals surface area contributed by atoms with E-state index in [9.17, 15) is 0 Å². The molecule has 2 rings (SSSR count). The van der Waals surface area contributed by atoms with E-state index >= 15 is 0 Å². The monoisotopic (exact) mass is 223 g/mol. The van der Waals surface area contributed by atoms with Crippen molar-refractivity contribution in [1.29, 1.82) is 0 Å². The molecule has 0 saturated carbocycles. The zero-order chi connectivity index (χ0) is 10.8. The van der Waals surface area contributed by atoms with Crippen molar-refractivity contribution >= 4 is 11.6 Å². The number of halogens is 1. The summed E-state index contributed by atoms with van der Waals surface area (Å²) in [7, 11) is 0. The molecule has 1 nitrogen and oxygen atoms in total. The van der Waals surface area contributed by atoms with Gasteiger partial charge in [0.05, 0.1) is 0 Å². The molecule has 0 saturated heterocycles. The second-order valence-corrected chi connectivity index (χ2v) is 5.22. The van der Waals surface area contributed by atoms with Crippen molar-refractivity contribution in [2.24, 2.45) is 5.92 Å². The Morgan fingerprint density at radius 1 is 1.33 bits per heavy atom. The first kappa shape index (κ1) is 10.9. The van der Waals surface area contributed by atoms with Gasteiger partial charge in [-0.2, -0.15) is 0 Å². The van der Waals surface area contributed by atoms with Crippen molar-refractivity contribution < 1.29 is 0 Å². The van der Waals surface area contributed by atoms with Gasteiger partial charge in [-0.1, -0.05) is 25.4 Å². The molecule has 0 aromatic carbocycles. The first-order valence-corrected chi connectivity index (χ1v) is 6.22. The highest BCUT2D eigenvalue weighted by molar-refractivity contribution is 6.29. The summed E-state index contributed by atoms with van der Waals surface area (Å²) in [6.45, 7) is 4.51. The molecule has 0 N–H and O–H groups in total. The van der Waals surface area contributed by atoms with E-state index in [2.05, 4.69) is 24.9 Å². The molecule has 0 atom stereocenters. The van der Waals surface area contributed by atoms with Gasteiger partial charge in [-0.15, -0.1) is 0 Å². The lowest BCUT2D eigenvalue weighted by Crippen LogP contribution is -2.10. The summed E-state index contributed by atoms with van der Waals surface area (Å²) in [5.74, 6) is 0.689. The van der Waals surface area contributed by atoms with Gasteiger partial charge in [0, 0.05) is 5.69 Å². The number of aryl methyl sites for hydroxylation is 1. The van der Waals surface area contributed by atoms with Gasteiger partial charge < -0.3 is 0 Å². The number of hydrogen-bond acceptors (Lipinski definition) is 1. The molecular weight excluding hydrogens is 206 g/mol. The molecular formula is C13H18ClN. The standard InChI is InChI=1S/C13H18ClN/c1-9(2)7-10-8-13(14)15-12-6-4-3-5-11(10)12/h8-9H,3-7H2,1-2H3. The number of fused-ring (bicyclic) bond motifs is 1. The van der Waals surface area contributed by atoms with Crippen molar-refractivity contribution in [2.45, 2.75) is 46.0 Å². The normalized spacial score (nSPS) is 15.5. The van der Waals surface area contributed by atoms with Crippen LogP contribution < -0.4 is 0 Å². The van der Waals surface area contributed by atoms with Crippen LogP contribution in [-0.4, -0.2) is 4.98 Å². The molecule has 0 spiro atoms. The zero-order valence-corrected chi connectivity index (χ0v) is 10.3. The molecule has 82 valence electrons. The Hall–Kier alpha value is -0.560. The van der Waals surface area contributed by atoms with Gasteiger partial charge in [-0.05, 0) is 55.2 Å². The van der Waals surface area contributed by atoms with Crippen molar-refractivity contribution in [2.75, 3.05) is 0 Å². The highest BCUT2D eigenvalue weighted by Crippen LogP contribution is 2.27. The van der Waals surface area contributed by atoms with E-state index in [4.69, 9.17) is 11.6 Å². The fourth-order valence-corrected chi connectivity index (χ4v) is 2.61. The smallest absolute Gasteiger partial charge is 0.129 e. The lowest BCUT2D eigenvalue weighted by Gasteiger charge is -2.19. The number of nitrogens with zero attached hydrogens (tertiary/aromatic N) is 1. The summed E-state index contributed by atoms with van der Waals surface area (Å²) in [5.41, 5.74) is 4.17. The fourth-order valence-electron chi connectivity index (χ4n) is 2.37. The van der Waals surface area contributed by atoms with E-state index in [1.54, 1.807) is 0 Å². The topological polar surface area (TPSA) is 12.9 Å². The Morgan fingerprint density at radius 3 is 2.80 bits per heavy atom. The van der Waals surface area contributed by atoms with Crippen molar-refractivity contribution in [3.63, 3.8) is 0 Å². The molecule has 0 aliphatic heterocycles. The van der Waals surface area contributed by atoms with E-state index in [-0.39, 0.29) is 0 Å². The Labute approximate surface area is 96.9 Å². The largest absolute Gasteiger partial charge is 0.241 e. The Kier molecular flexibility index (Phi) is 3.30. The molecule has 0 amide bonds. The van der Waals surface area contributed by atoms with Gasteiger partial charge in [0.1, 0.15) is 5.15 Å². The third-order valence-corrected chi connectivity index (χ3v) is 3.18. The summed E-state index contributed by atoms with van der Waals surface area (Å²) >= 11 is 6.05. The quantitative estimate of drug-likeness (QED) is 0.695. The second kappa shape index (κ2) is 4.52. The molecule has 2 heteroatoms. The summed E-state index contributed by atoms with van der Waals surface area (Å²) < 4.78 is 0. The van der Waals surface area contributed by atoms with Gasteiger partial charge >= 0.3 is 0 Å². The maximum atomic E-state index is 6.05. The maximum Gasteiger partial charge on any atom is 0.129 e. The van der Waals surface area contributed by atoms with Crippen molar-refractivity contribution in [1.82, 2.24) is 4.98 Å². The maximum absolute atomic E-state index is 6.05. The molecule has 1 heterocycles. The Balaban J connectivity index is 2.38. The highest BCUT2D eigenvalue weighted by atomic mass is 35.5. The number of rotatable bonds is 2. The SMILES string of the molecule is CC(C)Cc1cc(Cl)nc2c1CCCC2. The van der Waals surface area contributed by atoms with E-state index < -0.39 is 0 Å². The van der Waals surface area contributed by atoms with Crippen LogP contribution in [-0.2, 0) is 19.3 Å². The van der Waals surface area contributed by atoms with Gasteiger partial charge in [-0.25, -0.2) is 4.98 Å². The fraction of sp³-hybridized carbons (Fsp3) is 0.615. The molecule has 0 bridgehead atoms. The molecule has 15 heavy (non-hydrogen) atoms. The van der Waals surface area contributed by atoms with Crippen LogP contribution in [0.4, 0.5) is 0 Å². The van der Waals surface area contributed by atoms with Crippen LogP contribution in [0.2, 0.25) is 5.15 Å². The molecule has 0 fully saturated rings. The summed E-state index contributed by atoms with van der Waals surface area (Å²) in [6.07, 6.45) is 6.01.